The van der Waals surface area contributed by atoms with E-state index in [1.54, 1.807) is 7.05 Å². The van der Waals surface area contributed by atoms with Crippen molar-refractivity contribution in [2.24, 2.45) is 10.1 Å². The molecule has 0 heterocycles. The number of aliphatic imine (C=N–C) groups is 1. The maximum atomic E-state index is 3.99. The summed E-state index contributed by atoms with van der Waals surface area (Å²) in [4.78, 5) is 3.99. The Labute approximate surface area is 55.9 Å². The van der Waals surface area contributed by atoms with Gasteiger partial charge in [0.2, 0.25) is 0 Å². The molecule has 0 bridgehead atoms. The van der Waals surface area contributed by atoms with Gasteiger partial charge in [-0.05, 0) is 13.3 Å². The van der Waals surface area contributed by atoms with Crippen molar-refractivity contribution in [2.45, 2.75) is 20.3 Å². The van der Waals surface area contributed by atoms with Crippen LogP contribution in [0.2, 0.25) is 0 Å². The molecule has 0 rings (SSSR count). The van der Waals surface area contributed by atoms with Crippen LogP contribution in [0.4, 0.5) is 0 Å². The van der Waals surface area contributed by atoms with Crippen LogP contribution in [0.5, 0.6) is 0 Å². The van der Waals surface area contributed by atoms with Crippen molar-refractivity contribution < 1.29 is 0 Å². The zero-order chi connectivity index (χ0) is 7.11. The lowest BCUT2D eigenvalue weighted by Crippen LogP contribution is -1.94. The Hall–Kier alpha value is -0.860. The van der Waals surface area contributed by atoms with E-state index < -0.39 is 0 Å². The smallest absolute Gasteiger partial charge is 0.135 e. The van der Waals surface area contributed by atoms with Crippen LogP contribution in [0, 0.1) is 0 Å². The third-order valence-corrected chi connectivity index (χ3v) is 0.977. The van der Waals surface area contributed by atoms with Gasteiger partial charge in [-0.25, -0.2) is 4.99 Å². The molecule has 0 spiro atoms. The van der Waals surface area contributed by atoms with E-state index in [0.29, 0.717) is 0 Å². The van der Waals surface area contributed by atoms with Crippen molar-refractivity contribution in [2.75, 3.05) is 7.05 Å². The standard InChI is InChI=1S/C6H13N3/c1-4-6(2)8-5-9-7-3/h5,7H,4H2,1-3H3/b8-6+,9-5-. The average molecular weight is 127 g/mol. The van der Waals surface area contributed by atoms with Crippen molar-refractivity contribution in [3.05, 3.63) is 0 Å². The SMILES string of the molecule is CC/C(C)=N/C=N\NC. The summed E-state index contributed by atoms with van der Waals surface area (Å²) in [6, 6.07) is 0. The number of rotatable bonds is 3. The fourth-order valence-corrected chi connectivity index (χ4v) is 0.276. The molecular weight excluding hydrogens is 114 g/mol. The fourth-order valence-electron chi connectivity index (χ4n) is 0.276. The molecule has 0 atom stereocenters. The monoisotopic (exact) mass is 127 g/mol. The lowest BCUT2D eigenvalue weighted by atomic mass is 10.3. The highest BCUT2D eigenvalue weighted by Crippen LogP contribution is 1.80. The summed E-state index contributed by atoms with van der Waals surface area (Å²) in [5.41, 5.74) is 3.70. The lowest BCUT2D eigenvalue weighted by molar-refractivity contribution is 0.905. The van der Waals surface area contributed by atoms with Crippen molar-refractivity contribution in [3.8, 4) is 0 Å². The maximum Gasteiger partial charge on any atom is 0.135 e. The molecule has 9 heavy (non-hydrogen) atoms. The number of hydrogen-bond donors (Lipinski definition) is 1. The highest BCUT2D eigenvalue weighted by Gasteiger charge is 1.78. The van der Waals surface area contributed by atoms with Gasteiger partial charge in [0.15, 0.2) is 0 Å². The molecule has 0 fully saturated rings. The highest BCUT2D eigenvalue weighted by atomic mass is 15.3. The zero-order valence-corrected chi connectivity index (χ0v) is 6.18. The van der Waals surface area contributed by atoms with E-state index >= 15 is 0 Å². The van der Waals surface area contributed by atoms with Crippen LogP contribution in [0.25, 0.3) is 0 Å². The predicted octanol–water partition coefficient (Wildman–Crippen LogP) is 1.02. The van der Waals surface area contributed by atoms with Gasteiger partial charge in [-0.3, -0.25) is 0 Å². The molecule has 0 radical (unpaired) electrons. The summed E-state index contributed by atoms with van der Waals surface area (Å²) in [5, 5.41) is 3.70. The number of nitrogens with zero attached hydrogens (tertiary/aromatic N) is 2. The van der Waals surface area contributed by atoms with Crippen LogP contribution >= 0.6 is 0 Å². The first-order valence-corrected chi connectivity index (χ1v) is 3.02. The van der Waals surface area contributed by atoms with Crippen LogP contribution in [0.1, 0.15) is 20.3 Å². The van der Waals surface area contributed by atoms with Crippen LogP contribution in [0.15, 0.2) is 10.1 Å². The van der Waals surface area contributed by atoms with Crippen LogP contribution in [0.3, 0.4) is 0 Å². The molecule has 0 saturated carbocycles. The zero-order valence-electron chi connectivity index (χ0n) is 6.18. The Balaban J connectivity index is 3.55. The summed E-state index contributed by atoms with van der Waals surface area (Å²) < 4.78 is 0. The summed E-state index contributed by atoms with van der Waals surface area (Å²) in [7, 11) is 1.74. The molecule has 3 nitrogen and oxygen atoms in total. The Morgan fingerprint density at radius 2 is 2.33 bits per heavy atom. The van der Waals surface area contributed by atoms with Crippen molar-refractivity contribution in [3.63, 3.8) is 0 Å². The minimum atomic E-state index is 0.982. The Kier molecular flexibility index (Phi) is 4.78. The average Bonchev–Trinajstić information content (AvgIpc) is 1.89. The van der Waals surface area contributed by atoms with E-state index in [-0.39, 0.29) is 0 Å². The molecule has 0 aromatic heterocycles. The third-order valence-electron chi connectivity index (χ3n) is 0.977. The molecular formula is C6H13N3. The lowest BCUT2D eigenvalue weighted by Gasteiger charge is -1.87. The fraction of sp³-hybridized carbons (Fsp3) is 0.667. The molecule has 0 aliphatic carbocycles. The maximum absolute atomic E-state index is 3.99. The quantitative estimate of drug-likeness (QED) is 0.343. The molecule has 0 aliphatic rings. The van der Waals surface area contributed by atoms with Gasteiger partial charge in [0.05, 0.1) is 0 Å². The molecule has 0 amide bonds. The molecule has 3 heteroatoms. The minimum absolute atomic E-state index is 0.982. The van der Waals surface area contributed by atoms with E-state index in [1.165, 1.54) is 6.34 Å². The van der Waals surface area contributed by atoms with Gasteiger partial charge in [-0.2, -0.15) is 5.10 Å². The first-order valence-electron chi connectivity index (χ1n) is 3.02. The predicted molar refractivity (Wildman–Crippen MR) is 41.0 cm³/mol. The van der Waals surface area contributed by atoms with Gasteiger partial charge in [0.25, 0.3) is 0 Å². The molecule has 52 valence electrons. The topological polar surface area (TPSA) is 36.8 Å². The molecule has 0 saturated heterocycles. The van der Waals surface area contributed by atoms with E-state index in [2.05, 4.69) is 22.4 Å². The second-order valence-corrected chi connectivity index (χ2v) is 1.69. The molecule has 0 aromatic carbocycles. The second-order valence-electron chi connectivity index (χ2n) is 1.69. The summed E-state index contributed by atoms with van der Waals surface area (Å²) in [6.45, 7) is 4.04. The van der Waals surface area contributed by atoms with Gasteiger partial charge in [0.1, 0.15) is 6.34 Å². The number of hydrogen-bond acceptors (Lipinski definition) is 2. The molecule has 1 N–H and O–H groups in total. The summed E-state index contributed by atoms with van der Waals surface area (Å²) >= 11 is 0. The van der Waals surface area contributed by atoms with E-state index in [4.69, 9.17) is 0 Å². The highest BCUT2D eigenvalue weighted by molar-refractivity contribution is 5.88. The van der Waals surface area contributed by atoms with Crippen molar-refractivity contribution in [1.29, 1.82) is 0 Å². The largest absolute Gasteiger partial charge is 0.312 e. The van der Waals surface area contributed by atoms with Crippen LogP contribution in [-0.4, -0.2) is 19.1 Å². The van der Waals surface area contributed by atoms with Gasteiger partial charge < -0.3 is 5.43 Å². The van der Waals surface area contributed by atoms with Crippen LogP contribution < -0.4 is 5.43 Å². The first-order chi connectivity index (χ1) is 4.31. The molecule has 0 unspecified atom stereocenters. The van der Waals surface area contributed by atoms with Gasteiger partial charge in [-0.15, -0.1) is 0 Å². The normalized spacial score (nSPS) is 12.6. The minimum Gasteiger partial charge on any atom is -0.312 e. The Morgan fingerprint density at radius 3 is 2.78 bits per heavy atom. The van der Waals surface area contributed by atoms with Crippen LogP contribution in [-0.2, 0) is 0 Å². The van der Waals surface area contributed by atoms with E-state index in [9.17, 15) is 0 Å². The van der Waals surface area contributed by atoms with Gasteiger partial charge in [-0.1, -0.05) is 6.92 Å². The molecule has 0 aliphatic heterocycles. The summed E-state index contributed by atoms with van der Waals surface area (Å²) in [5.74, 6) is 0. The Bertz CT molecular complexity index is 115. The Morgan fingerprint density at radius 1 is 1.67 bits per heavy atom. The molecule has 0 aromatic rings. The van der Waals surface area contributed by atoms with E-state index in [1.807, 2.05) is 6.92 Å². The van der Waals surface area contributed by atoms with Crippen molar-refractivity contribution in [1.82, 2.24) is 5.43 Å². The summed E-state index contributed by atoms with van der Waals surface area (Å²) in [6.07, 6.45) is 2.49. The first kappa shape index (κ1) is 8.14. The van der Waals surface area contributed by atoms with Crippen molar-refractivity contribution >= 4 is 12.1 Å². The number of hydrazone groups is 1. The third kappa shape index (κ3) is 5.00. The second kappa shape index (κ2) is 5.28. The van der Waals surface area contributed by atoms with E-state index in [0.717, 1.165) is 12.1 Å². The van der Waals surface area contributed by atoms with Gasteiger partial charge >= 0.3 is 0 Å². The van der Waals surface area contributed by atoms with Gasteiger partial charge in [0, 0.05) is 12.8 Å². The number of nitrogens with one attached hydrogen (secondary N) is 1.